The van der Waals surface area contributed by atoms with Crippen LogP contribution in [-0.4, -0.2) is 73.6 Å². The number of hydrogen-bond acceptors (Lipinski definition) is 7. The molecule has 94 valence electrons. The number of aliphatic hydroxyl groups is 4. The normalized spacial score (nSPS) is 31.0. The molecule has 0 aliphatic carbocycles. The molecule has 8 heteroatoms. The van der Waals surface area contributed by atoms with E-state index in [9.17, 15) is 15.0 Å². The van der Waals surface area contributed by atoms with Crippen molar-refractivity contribution in [2.75, 3.05) is 12.4 Å². The summed E-state index contributed by atoms with van der Waals surface area (Å²) < 4.78 is 0. The number of carboxylic acid groups (broad SMARTS) is 1. The van der Waals surface area contributed by atoms with Gasteiger partial charge in [0.1, 0.15) is 24.4 Å². The molecular weight excluding hydrogens is 238 g/mol. The topological polar surface area (TPSA) is 130 Å². The van der Waals surface area contributed by atoms with Crippen LogP contribution in [0.1, 0.15) is 0 Å². The van der Waals surface area contributed by atoms with Crippen LogP contribution >= 0.6 is 11.8 Å². The van der Waals surface area contributed by atoms with Gasteiger partial charge in [0, 0.05) is 5.75 Å². The summed E-state index contributed by atoms with van der Waals surface area (Å²) in [5.74, 6) is -0.752. The molecule has 0 radical (unpaired) electrons. The van der Waals surface area contributed by atoms with Gasteiger partial charge in [0.05, 0.1) is 12.0 Å². The van der Waals surface area contributed by atoms with E-state index < -0.39 is 42.3 Å². The molecule has 0 aromatic carbocycles. The van der Waals surface area contributed by atoms with Gasteiger partial charge in [-0.3, -0.25) is 10.1 Å². The fraction of sp³-hybridized carbons (Fsp3) is 0.875. The van der Waals surface area contributed by atoms with E-state index in [-0.39, 0.29) is 5.75 Å². The minimum Gasteiger partial charge on any atom is -0.480 e. The van der Waals surface area contributed by atoms with E-state index in [0.717, 1.165) is 11.8 Å². The van der Waals surface area contributed by atoms with Gasteiger partial charge in [-0.1, -0.05) is 0 Å². The molecule has 0 saturated carbocycles. The second kappa shape index (κ2) is 5.80. The second-order valence-electron chi connectivity index (χ2n) is 3.54. The molecule has 0 amide bonds. The lowest BCUT2D eigenvalue weighted by molar-refractivity contribution is -0.139. The first kappa shape index (κ1) is 13.7. The molecule has 16 heavy (non-hydrogen) atoms. The van der Waals surface area contributed by atoms with E-state index in [0.29, 0.717) is 0 Å². The van der Waals surface area contributed by atoms with Crippen molar-refractivity contribution in [1.82, 2.24) is 5.32 Å². The van der Waals surface area contributed by atoms with Gasteiger partial charge in [-0.25, -0.2) is 0 Å². The summed E-state index contributed by atoms with van der Waals surface area (Å²) in [5, 5.41) is 47.4. The molecule has 1 aliphatic heterocycles. The van der Waals surface area contributed by atoms with Crippen LogP contribution < -0.4 is 5.32 Å². The van der Waals surface area contributed by atoms with Gasteiger partial charge < -0.3 is 25.5 Å². The Labute approximate surface area is 96.1 Å². The van der Waals surface area contributed by atoms with E-state index in [1.54, 1.807) is 0 Å². The van der Waals surface area contributed by atoms with Gasteiger partial charge >= 0.3 is 5.97 Å². The van der Waals surface area contributed by atoms with E-state index in [2.05, 4.69) is 5.32 Å². The van der Waals surface area contributed by atoms with Crippen molar-refractivity contribution in [3.63, 3.8) is 0 Å². The molecule has 0 unspecified atom stereocenters. The van der Waals surface area contributed by atoms with E-state index >= 15 is 0 Å². The molecule has 1 fully saturated rings. The zero-order valence-corrected chi connectivity index (χ0v) is 9.17. The number of rotatable bonds is 5. The lowest BCUT2D eigenvalue weighted by atomic mass is 10.1. The van der Waals surface area contributed by atoms with Crippen molar-refractivity contribution >= 4 is 17.7 Å². The molecule has 1 aliphatic rings. The smallest absolute Gasteiger partial charge is 0.321 e. The number of carboxylic acids is 1. The monoisotopic (exact) mass is 253 g/mol. The van der Waals surface area contributed by atoms with Crippen molar-refractivity contribution in [2.45, 2.75) is 29.7 Å². The summed E-state index contributed by atoms with van der Waals surface area (Å²) in [5.41, 5.74) is 0. The summed E-state index contributed by atoms with van der Waals surface area (Å²) in [4.78, 5) is 10.6. The lowest BCUT2D eigenvalue weighted by Gasteiger charge is -2.25. The Kier molecular flexibility index (Phi) is 4.96. The maximum atomic E-state index is 10.6. The van der Waals surface area contributed by atoms with E-state index in [1.807, 2.05) is 0 Å². The van der Waals surface area contributed by atoms with Crippen LogP contribution in [0.15, 0.2) is 0 Å². The summed E-state index contributed by atoms with van der Waals surface area (Å²) in [6, 6.07) is -0.775. The zero-order valence-electron chi connectivity index (χ0n) is 8.35. The number of aliphatic hydroxyl groups excluding tert-OH is 4. The van der Waals surface area contributed by atoms with Crippen LogP contribution in [0.4, 0.5) is 0 Å². The molecular formula is C8H15NO6S. The van der Waals surface area contributed by atoms with Crippen LogP contribution in [-0.2, 0) is 4.79 Å². The largest absolute Gasteiger partial charge is 0.480 e. The zero-order chi connectivity index (χ0) is 12.3. The Hall–Kier alpha value is -0.380. The predicted octanol–water partition coefficient (Wildman–Crippen LogP) is -2.82. The highest BCUT2D eigenvalue weighted by molar-refractivity contribution is 8.00. The number of aliphatic carboxylic acids is 1. The van der Waals surface area contributed by atoms with Crippen LogP contribution in [0, 0.1) is 0 Å². The van der Waals surface area contributed by atoms with Crippen LogP contribution in [0.5, 0.6) is 0 Å². The molecule has 1 heterocycles. The average molecular weight is 253 g/mol. The number of hydrogen-bond donors (Lipinski definition) is 6. The van der Waals surface area contributed by atoms with Gasteiger partial charge in [-0.2, -0.15) is 0 Å². The highest BCUT2D eigenvalue weighted by Crippen LogP contribution is 2.24. The first-order chi connectivity index (χ1) is 7.47. The fourth-order valence-electron chi connectivity index (χ4n) is 1.35. The van der Waals surface area contributed by atoms with Crippen molar-refractivity contribution in [3.05, 3.63) is 0 Å². The molecule has 0 aromatic rings. The third-order valence-corrected chi connectivity index (χ3v) is 3.65. The minimum absolute atomic E-state index is 0.277. The highest BCUT2D eigenvalue weighted by atomic mass is 32.2. The lowest BCUT2D eigenvalue weighted by Crippen LogP contribution is -2.50. The standard InChI is InChI=1S/C8H15NO6S/c10-1-4(11)5(12)6(13)7-9-3(2-16-7)8(14)15/h3-7,9-13H,1-2H2,(H,14,15)/t3-,4-,5+,6+,7+/m0/s1. The summed E-state index contributed by atoms with van der Waals surface area (Å²) in [6.07, 6.45) is -4.29. The van der Waals surface area contributed by atoms with E-state index in [4.69, 9.17) is 15.3 Å². The Bertz CT molecular complexity index is 253. The predicted molar refractivity (Wildman–Crippen MR) is 55.9 cm³/mol. The Morgan fingerprint density at radius 2 is 2.06 bits per heavy atom. The van der Waals surface area contributed by atoms with Crippen molar-refractivity contribution in [2.24, 2.45) is 0 Å². The third-order valence-electron chi connectivity index (χ3n) is 2.35. The average Bonchev–Trinajstić information content (AvgIpc) is 2.75. The maximum Gasteiger partial charge on any atom is 0.321 e. The maximum absolute atomic E-state index is 10.6. The molecule has 1 rings (SSSR count). The molecule has 5 atom stereocenters. The Morgan fingerprint density at radius 1 is 1.44 bits per heavy atom. The molecule has 1 saturated heterocycles. The number of nitrogens with one attached hydrogen (secondary N) is 1. The van der Waals surface area contributed by atoms with Crippen molar-refractivity contribution < 1.29 is 30.3 Å². The molecule has 0 bridgehead atoms. The molecule has 0 aromatic heterocycles. The second-order valence-corrected chi connectivity index (χ2v) is 4.72. The van der Waals surface area contributed by atoms with Gasteiger partial charge in [0.15, 0.2) is 0 Å². The summed E-state index contributed by atoms with van der Waals surface area (Å²) >= 11 is 1.15. The SMILES string of the molecule is O=C(O)[C@@H]1CS[C@H]([C@H](O)[C@H](O)[C@@H](O)CO)N1. The molecule has 7 nitrogen and oxygen atoms in total. The molecule has 0 spiro atoms. The summed E-state index contributed by atoms with van der Waals surface area (Å²) in [6.45, 7) is -0.669. The summed E-state index contributed by atoms with van der Waals surface area (Å²) in [7, 11) is 0. The minimum atomic E-state index is -1.51. The Balaban J connectivity index is 2.50. The highest BCUT2D eigenvalue weighted by Gasteiger charge is 2.38. The number of carbonyl (C=O) groups is 1. The first-order valence-corrected chi connectivity index (χ1v) is 5.77. The van der Waals surface area contributed by atoms with Gasteiger partial charge in [-0.05, 0) is 0 Å². The van der Waals surface area contributed by atoms with E-state index in [1.165, 1.54) is 0 Å². The first-order valence-electron chi connectivity index (χ1n) is 4.73. The third kappa shape index (κ3) is 3.06. The van der Waals surface area contributed by atoms with Gasteiger partial charge in [0.2, 0.25) is 0 Å². The van der Waals surface area contributed by atoms with Crippen molar-refractivity contribution in [3.8, 4) is 0 Å². The quantitative estimate of drug-likeness (QED) is 0.309. The number of thioether (sulfide) groups is 1. The van der Waals surface area contributed by atoms with Crippen LogP contribution in [0.25, 0.3) is 0 Å². The van der Waals surface area contributed by atoms with Gasteiger partial charge in [-0.15, -0.1) is 11.8 Å². The Morgan fingerprint density at radius 3 is 2.50 bits per heavy atom. The van der Waals surface area contributed by atoms with Crippen LogP contribution in [0.3, 0.4) is 0 Å². The molecule has 6 N–H and O–H groups in total. The van der Waals surface area contributed by atoms with Gasteiger partial charge in [0.25, 0.3) is 0 Å². The fourth-order valence-corrected chi connectivity index (χ4v) is 2.61. The van der Waals surface area contributed by atoms with Crippen molar-refractivity contribution in [1.29, 1.82) is 0 Å². The van der Waals surface area contributed by atoms with Crippen LogP contribution in [0.2, 0.25) is 0 Å².